The second kappa shape index (κ2) is 6.05. The zero-order valence-corrected chi connectivity index (χ0v) is 9.53. The molecule has 1 aliphatic rings. The van der Waals surface area contributed by atoms with Crippen molar-refractivity contribution in [3.05, 3.63) is 0 Å². The average molecular weight is 215 g/mol. The van der Waals surface area contributed by atoms with Gasteiger partial charge in [0.15, 0.2) is 0 Å². The fourth-order valence-electron chi connectivity index (χ4n) is 2.13. The quantitative estimate of drug-likeness (QED) is 0.389. The normalized spacial score (nSPS) is 21.3. The average Bonchev–Trinajstić information content (AvgIpc) is 2.30. The number of methoxy groups -OCH3 is 1. The Morgan fingerprint density at radius 1 is 1.60 bits per heavy atom. The summed E-state index contributed by atoms with van der Waals surface area (Å²) in [4.78, 5) is 13.7. The van der Waals surface area contributed by atoms with E-state index < -0.39 is 0 Å². The summed E-state index contributed by atoms with van der Waals surface area (Å²) in [6, 6.07) is -0.0900. The van der Waals surface area contributed by atoms with Crippen LogP contribution >= 0.6 is 0 Å². The van der Waals surface area contributed by atoms with Gasteiger partial charge in [-0.2, -0.15) is 0 Å². The van der Waals surface area contributed by atoms with Crippen LogP contribution in [-0.2, 0) is 9.53 Å². The number of hydrazine groups is 1. The standard InChI is InChI=1S/C10H21N3O2/c1-3-9(10(14)12-11)13-6-4-8(15-2)5-7-13/h8-9H,3-7,11H2,1-2H3,(H,12,14). The molecule has 1 amide bonds. The molecule has 3 N–H and O–H groups in total. The van der Waals surface area contributed by atoms with Crippen molar-refractivity contribution in [3.8, 4) is 0 Å². The van der Waals surface area contributed by atoms with Crippen molar-refractivity contribution in [1.82, 2.24) is 10.3 Å². The molecule has 0 saturated carbocycles. The summed E-state index contributed by atoms with van der Waals surface area (Å²) in [7, 11) is 1.74. The zero-order chi connectivity index (χ0) is 11.3. The van der Waals surface area contributed by atoms with E-state index in [4.69, 9.17) is 10.6 Å². The van der Waals surface area contributed by atoms with Crippen LogP contribution in [0.2, 0.25) is 0 Å². The van der Waals surface area contributed by atoms with Gasteiger partial charge in [0.25, 0.3) is 5.91 Å². The molecule has 1 heterocycles. The largest absolute Gasteiger partial charge is 0.381 e. The monoisotopic (exact) mass is 215 g/mol. The maximum absolute atomic E-state index is 11.5. The molecule has 1 fully saturated rings. The van der Waals surface area contributed by atoms with Gasteiger partial charge in [0, 0.05) is 20.2 Å². The van der Waals surface area contributed by atoms with Crippen molar-refractivity contribution in [3.63, 3.8) is 0 Å². The molecule has 5 heteroatoms. The van der Waals surface area contributed by atoms with Crippen LogP contribution in [0.15, 0.2) is 0 Å². The molecule has 0 aromatic carbocycles. The number of nitrogens with one attached hydrogen (secondary N) is 1. The molecule has 1 unspecified atom stereocenters. The highest BCUT2D eigenvalue weighted by Gasteiger charge is 2.27. The van der Waals surface area contributed by atoms with E-state index in [1.165, 1.54) is 0 Å². The second-order valence-electron chi connectivity index (χ2n) is 3.90. The molecule has 1 atom stereocenters. The lowest BCUT2D eigenvalue weighted by atomic mass is 10.0. The molecular weight excluding hydrogens is 194 g/mol. The Hall–Kier alpha value is -0.650. The highest BCUT2D eigenvalue weighted by Crippen LogP contribution is 2.16. The molecule has 0 aromatic heterocycles. The topological polar surface area (TPSA) is 67.6 Å². The first-order valence-corrected chi connectivity index (χ1v) is 5.50. The third kappa shape index (κ3) is 3.15. The first kappa shape index (κ1) is 12.4. The number of ether oxygens (including phenoxy) is 1. The van der Waals surface area contributed by atoms with Crippen LogP contribution in [0.25, 0.3) is 0 Å². The third-order valence-corrected chi connectivity index (χ3v) is 3.08. The number of rotatable bonds is 4. The number of piperidine rings is 1. The Kier molecular flexibility index (Phi) is 5.01. The van der Waals surface area contributed by atoms with Crippen molar-refractivity contribution >= 4 is 5.91 Å². The van der Waals surface area contributed by atoms with E-state index in [1.807, 2.05) is 6.92 Å². The number of nitrogens with zero attached hydrogens (tertiary/aromatic N) is 1. The number of nitrogens with two attached hydrogens (primary N) is 1. The van der Waals surface area contributed by atoms with Crippen LogP contribution in [0, 0.1) is 0 Å². The van der Waals surface area contributed by atoms with Gasteiger partial charge in [0.2, 0.25) is 0 Å². The van der Waals surface area contributed by atoms with E-state index >= 15 is 0 Å². The van der Waals surface area contributed by atoms with E-state index in [0.717, 1.165) is 32.4 Å². The van der Waals surface area contributed by atoms with E-state index in [0.29, 0.717) is 6.10 Å². The van der Waals surface area contributed by atoms with E-state index in [1.54, 1.807) is 7.11 Å². The van der Waals surface area contributed by atoms with Crippen molar-refractivity contribution < 1.29 is 9.53 Å². The lowest BCUT2D eigenvalue weighted by molar-refractivity contribution is -0.127. The molecule has 0 radical (unpaired) electrons. The van der Waals surface area contributed by atoms with Crippen LogP contribution < -0.4 is 11.3 Å². The fourth-order valence-corrected chi connectivity index (χ4v) is 2.13. The molecule has 1 saturated heterocycles. The van der Waals surface area contributed by atoms with Crippen molar-refractivity contribution in [2.45, 2.75) is 38.3 Å². The van der Waals surface area contributed by atoms with E-state index in [-0.39, 0.29) is 11.9 Å². The minimum atomic E-state index is -0.0900. The molecule has 0 spiro atoms. The molecule has 5 nitrogen and oxygen atoms in total. The van der Waals surface area contributed by atoms with E-state index in [9.17, 15) is 4.79 Å². The molecule has 0 bridgehead atoms. The van der Waals surface area contributed by atoms with Crippen molar-refractivity contribution in [1.29, 1.82) is 0 Å². The number of amides is 1. The van der Waals surface area contributed by atoms with Crippen molar-refractivity contribution in [2.24, 2.45) is 5.84 Å². The number of likely N-dealkylation sites (tertiary alicyclic amines) is 1. The molecule has 1 aliphatic heterocycles. The van der Waals surface area contributed by atoms with Gasteiger partial charge in [0.05, 0.1) is 12.1 Å². The Morgan fingerprint density at radius 3 is 2.60 bits per heavy atom. The molecule has 15 heavy (non-hydrogen) atoms. The second-order valence-corrected chi connectivity index (χ2v) is 3.90. The summed E-state index contributed by atoms with van der Waals surface area (Å²) >= 11 is 0. The Bertz CT molecular complexity index is 203. The van der Waals surface area contributed by atoms with Gasteiger partial charge in [-0.25, -0.2) is 5.84 Å². The molecule has 0 aliphatic carbocycles. The molecule has 1 rings (SSSR count). The smallest absolute Gasteiger partial charge is 0.251 e. The lowest BCUT2D eigenvalue weighted by Gasteiger charge is -2.35. The fraction of sp³-hybridized carbons (Fsp3) is 0.900. The van der Waals surface area contributed by atoms with Crippen LogP contribution in [-0.4, -0.2) is 43.2 Å². The SMILES string of the molecule is CCC(C(=O)NN)N1CCC(OC)CC1. The molecular formula is C10H21N3O2. The van der Waals surface area contributed by atoms with Gasteiger partial charge in [0.1, 0.15) is 0 Å². The number of carbonyl (C=O) groups excluding carboxylic acids is 1. The summed E-state index contributed by atoms with van der Waals surface area (Å²) in [5, 5.41) is 0. The number of carbonyl (C=O) groups is 1. The highest BCUT2D eigenvalue weighted by molar-refractivity contribution is 5.81. The van der Waals surface area contributed by atoms with Gasteiger partial charge < -0.3 is 4.74 Å². The Balaban J connectivity index is 2.46. The van der Waals surface area contributed by atoms with E-state index in [2.05, 4.69) is 10.3 Å². The van der Waals surface area contributed by atoms with Crippen LogP contribution in [0.4, 0.5) is 0 Å². The third-order valence-electron chi connectivity index (χ3n) is 3.08. The van der Waals surface area contributed by atoms with Crippen LogP contribution in [0.1, 0.15) is 26.2 Å². The van der Waals surface area contributed by atoms with Crippen LogP contribution in [0.3, 0.4) is 0 Å². The van der Waals surface area contributed by atoms with Gasteiger partial charge in [-0.15, -0.1) is 0 Å². The summed E-state index contributed by atoms with van der Waals surface area (Å²) in [5.41, 5.74) is 2.23. The predicted octanol–water partition coefficient (Wildman–Crippen LogP) is -0.134. The summed E-state index contributed by atoms with van der Waals surface area (Å²) in [6.45, 7) is 3.82. The first-order valence-electron chi connectivity index (χ1n) is 5.50. The Labute approximate surface area is 90.9 Å². The van der Waals surface area contributed by atoms with Gasteiger partial charge in [-0.1, -0.05) is 6.92 Å². The number of hydrogen-bond acceptors (Lipinski definition) is 4. The van der Waals surface area contributed by atoms with Crippen LogP contribution in [0.5, 0.6) is 0 Å². The zero-order valence-electron chi connectivity index (χ0n) is 9.53. The first-order chi connectivity index (χ1) is 7.22. The summed E-state index contributed by atoms with van der Waals surface area (Å²) in [6.07, 6.45) is 3.12. The molecule has 88 valence electrons. The maximum atomic E-state index is 11.5. The lowest BCUT2D eigenvalue weighted by Crippen LogP contribution is -2.51. The van der Waals surface area contributed by atoms with Gasteiger partial charge in [-0.05, 0) is 19.3 Å². The summed E-state index contributed by atoms with van der Waals surface area (Å²) < 4.78 is 5.29. The van der Waals surface area contributed by atoms with Gasteiger partial charge >= 0.3 is 0 Å². The predicted molar refractivity (Wildman–Crippen MR) is 58.0 cm³/mol. The minimum absolute atomic E-state index is 0.0895. The highest BCUT2D eigenvalue weighted by atomic mass is 16.5. The number of hydrogen-bond donors (Lipinski definition) is 2. The minimum Gasteiger partial charge on any atom is -0.381 e. The van der Waals surface area contributed by atoms with Gasteiger partial charge in [-0.3, -0.25) is 15.1 Å². The van der Waals surface area contributed by atoms with Crippen molar-refractivity contribution in [2.75, 3.05) is 20.2 Å². The maximum Gasteiger partial charge on any atom is 0.251 e. The summed E-state index contributed by atoms with van der Waals surface area (Å²) in [5.74, 6) is 5.07. The Morgan fingerprint density at radius 2 is 2.20 bits per heavy atom. The molecule has 0 aromatic rings.